The smallest absolute Gasteiger partial charge is 0.316 e. The fraction of sp³-hybridized carbons (Fsp3) is 0.515. The van der Waals surface area contributed by atoms with Crippen molar-refractivity contribution in [2.45, 2.75) is 88.6 Å². The van der Waals surface area contributed by atoms with Gasteiger partial charge in [-0.3, -0.25) is 0 Å². The first kappa shape index (κ1) is 27.7. The minimum absolute atomic E-state index is 0.174. The van der Waals surface area contributed by atoms with E-state index in [4.69, 9.17) is 4.74 Å². The van der Waals surface area contributed by atoms with E-state index in [1.165, 1.54) is 30.5 Å². The topological polar surface area (TPSA) is 9.23 Å². The second-order valence-electron chi connectivity index (χ2n) is 11.0. The van der Waals surface area contributed by atoms with Gasteiger partial charge in [-0.15, -0.1) is 13.2 Å². The highest BCUT2D eigenvalue weighted by Gasteiger charge is 2.36. The Hall–Kier alpha value is -2.33. The Kier molecular flexibility index (Phi) is 9.70. The van der Waals surface area contributed by atoms with E-state index in [1.54, 1.807) is 6.07 Å². The molecule has 200 valence electrons. The van der Waals surface area contributed by atoms with E-state index < -0.39 is 17.5 Å². The Labute approximate surface area is 220 Å². The summed E-state index contributed by atoms with van der Waals surface area (Å²) in [5.74, 6) is 1.22. The number of rotatable bonds is 11. The maximum atomic E-state index is 14.8. The lowest BCUT2D eigenvalue weighted by Crippen LogP contribution is -2.22. The van der Waals surface area contributed by atoms with Gasteiger partial charge in [0.25, 0.3) is 0 Å². The third-order valence-corrected chi connectivity index (χ3v) is 8.63. The molecule has 0 aliphatic heterocycles. The monoisotopic (exact) mass is 510 g/mol. The van der Waals surface area contributed by atoms with Crippen LogP contribution >= 0.6 is 0 Å². The van der Waals surface area contributed by atoms with Crippen LogP contribution in [0.5, 0.6) is 0 Å². The van der Waals surface area contributed by atoms with Crippen LogP contribution in [-0.2, 0) is 17.3 Å². The fourth-order valence-electron chi connectivity index (χ4n) is 6.18. The van der Waals surface area contributed by atoms with Crippen molar-refractivity contribution in [3.63, 3.8) is 0 Å². The van der Waals surface area contributed by atoms with Crippen molar-refractivity contribution >= 4 is 0 Å². The van der Waals surface area contributed by atoms with Crippen LogP contribution < -0.4 is 0 Å². The molecule has 0 atom stereocenters. The van der Waals surface area contributed by atoms with Gasteiger partial charge in [-0.25, -0.2) is 4.39 Å². The maximum absolute atomic E-state index is 14.8. The summed E-state index contributed by atoms with van der Waals surface area (Å²) in [5, 5.41) is 0. The summed E-state index contributed by atoms with van der Waals surface area (Å²) < 4.78 is 49.2. The quantitative estimate of drug-likeness (QED) is 0.273. The van der Waals surface area contributed by atoms with Crippen molar-refractivity contribution in [3.8, 4) is 0 Å². The number of hydrogen-bond acceptors (Lipinski definition) is 1. The van der Waals surface area contributed by atoms with Crippen molar-refractivity contribution in [1.29, 1.82) is 0 Å². The van der Waals surface area contributed by atoms with Crippen LogP contribution in [-0.4, -0.2) is 6.61 Å². The summed E-state index contributed by atoms with van der Waals surface area (Å²) in [4.78, 5) is 0. The summed E-state index contributed by atoms with van der Waals surface area (Å²) in [7, 11) is 0. The van der Waals surface area contributed by atoms with Crippen LogP contribution in [0.4, 0.5) is 13.2 Å². The van der Waals surface area contributed by atoms with Crippen LogP contribution in [0.15, 0.2) is 67.8 Å². The second-order valence-corrected chi connectivity index (χ2v) is 11.0. The van der Waals surface area contributed by atoms with Gasteiger partial charge in [0, 0.05) is 0 Å². The summed E-state index contributed by atoms with van der Waals surface area (Å²) in [6.45, 7) is 7.52. The molecular formula is C33H41F3O. The molecular weight excluding hydrogens is 469 g/mol. The van der Waals surface area contributed by atoms with Gasteiger partial charge in [0.1, 0.15) is 5.82 Å². The Bertz CT molecular complexity index is 1010. The molecule has 0 saturated heterocycles. The maximum Gasteiger partial charge on any atom is 0.386 e. The molecule has 2 aromatic rings. The minimum Gasteiger partial charge on any atom is -0.316 e. The van der Waals surface area contributed by atoms with Gasteiger partial charge in [-0.2, -0.15) is 8.78 Å². The molecule has 0 spiro atoms. The molecule has 2 aliphatic carbocycles. The van der Waals surface area contributed by atoms with Crippen molar-refractivity contribution in [3.05, 3.63) is 95.8 Å². The van der Waals surface area contributed by atoms with E-state index in [-0.39, 0.29) is 12.5 Å². The molecule has 0 radical (unpaired) electrons. The van der Waals surface area contributed by atoms with Crippen molar-refractivity contribution in [2.24, 2.45) is 11.8 Å². The van der Waals surface area contributed by atoms with E-state index in [9.17, 15) is 13.2 Å². The molecule has 37 heavy (non-hydrogen) atoms. The summed E-state index contributed by atoms with van der Waals surface area (Å²) in [6, 6.07) is 12.4. The van der Waals surface area contributed by atoms with Gasteiger partial charge in [-0.1, -0.05) is 42.5 Å². The molecule has 1 nitrogen and oxygen atoms in total. The first-order chi connectivity index (χ1) is 17.9. The minimum atomic E-state index is -3.66. The molecule has 0 heterocycles. The highest BCUT2D eigenvalue weighted by atomic mass is 19.3. The number of benzene rings is 2. The number of allylic oxidation sites excluding steroid dienone is 2. The lowest BCUT2D eigenvalue weighted by molar-refractivity contribution is -0.249. The molecule has 0 unspecified atom stereocenters. The van der Waals surface area contributed by atoms with Gasteiger partial charge >= 0.3 is 6.11 Å². The fourth-order valence-corrected chi connectivity index (χ4v) is 6.18. The lowest BCUT2D eigenvalue weighted by atomic mass is 9.77. The van der Waals surface area contributed by atoms with E-state index >= 15 is 0 Å². The van der Waals surface area contributed by atoms with Crippen LogP contribution in [0, 0.1) is 17.7 Å². The Balaban J connectivity index is 1.27. The van der Waals surface area contributed by atoms with Crippen LogP contribution in [0.1, 0.15) is 98.3 Å². The number of hydrogen-bond donors (Lipinski definition) is 0. The highest BCUT2D eigenvalue weighted by Crippen LogP contribution is 2.40. The van der Waals surface area contributed by atoms with Crippen LogP contribution in [0.2, 0.25) is 0 Å². The zero-order valence-corrected chi connectivity index (χ0v) is 21.9. The van der Waals surface area contributed by atoms with E-state index in [1.807, 2.05) is 18.2 Å². The second kappa shape index (κ2) is 13.0. The summed E-state index contributed by atoms with van der Waals surface area (Å²) in [5.41, 5.74) is 2.39. The first-order valence-electron chi connectivity index (χ1n) is 14.0. The Morgan fingerprint density at radius 1 is 0.838 bits per heavy atom. The number of halogens is 3. The van der Waals surface area contributed by atoms with Gasteiger partial charge in [0.2, 0.25) is 0 Å². The van der Waals surface area contributed by atoms with Gasteiger partial charge in [0.15, 0.2) is 0 Å². The van der Waals surface area contributed by atoms with E-state index in [0.29, 0.717) is 24.2 Å². The predicted molar refractivity (Wildman–Crippen MR) is 145 cm³/mol. The first-order valence-corrected chi connectivity index (χ1v) is 14.0. The van der Waals surface area contributed by atoms with Gasteiger partial charge < -0.3 is 4.74 Å². The molecule has 0 aromatic heterocycles. The predicted octanol–water partition coefficient (Wildman–Crippen LogP) is 9.83. The summed E-state index contributed by atoms with van der Waals surface area (Å²) >= 11 is 0. The van der Waals surface area contributed by atoms with Crippen LogP contribution in [0.3, 0.4) is 0 Å². The number of alkyl halides is 2. The number of ether oxygens (including phenoxy) is 1. The molecule has 0 amide bonds. The Morgan fingerprint density at radius 3 is 2.08 bits per heavy atom. The molecule has 4 rings (SSSR count). The standard InChI is InChI=1S/C33H41F3O/c1-3-5-6-25-9-17-29(18-10-25)30-19-20-31(32(34)23-30)33(35,36)37-22-21-26-11-15-28(16-12-26)27-13-7-24(4-2)8-14-27/h3-4,11-12,15-16,19-20,23-25,27,29H,1-2,5-10,13-14,17-18,21-22H2/t24-,25-,27-,29-. The van der Waals surface area contributed by atoms with Gasteiger partial charge in [-0.05, 0) is 123 Å². The molecule has 4 heteroatoms. The third kappa shape index (κ3) is 7.37. The highest BCUT2D eigenvalue weighted by molar-refractivity contribution is 5.29. The SMILES string of the molecule is C=CCC[C@H]1CC[C@H](c2ccc(C(F)(F)OCCc3ccc([C@H]4CC[C@H](C=C)CC4)cc3)c(F)c2)CC1. The summed E-state index contributed by atoms with van der Waals surface area (Å²) in [6.07, 6.45) is 11.7. The normalized spacial score (nSPS) is 24.5. The third-order valence-electron chi connectivity index (χ3n) is 8.63. The molecule has 2 fully saturated rings. The van der Waals surface area contributed by atoms with Gasteiger partial charge in [0.05, 0.1) is 12.2 Å². The average molecular weight is 511 g/mol. The van der Waals surface area contributed by atoms with Crippen LogP contribution in [0.25, 0.3) is 0 Å². The molecule has 0 N–H and O–H groups in total. The molecule has 2 aromatic carbocycles. The molecule has 2 saturated carbocycles. The van der Waals surface area contributed by atoms with Crippen molar-refractivity contribution in [2.75, 3.05) is 6.61 Å². The average Bonchev–Trinajstić information content (AvgIpc) is 2.92. The van der Waals surface area contributed by atoms with E-state index in [0.717, 1.165) is 62.5 Å². The Morgan fingerprint density at radius 2 is 1.46 bits per heavy atom. The lowest BCUT2D eigenvalue weighted by Gasteiger charge is -2.29. The molecule has 2 aliphatic rings. The van der Waals surface area contributed by atoms with Crippen molar-refractivity contribution in [1.82, 2.24) is 0 Å². The van der Waals surface area contributed by atoms with E-state index in [2.05, 4.69) is 31.4 Å². The largest absolute Gasteiger partial charge is 0.386 e. The van der Waals surface area contributed by atoms with Crippen molar-refractivity contribution < 1.29 is 17.9 Å². The zero-order valence-electron chi connectivity index (χ0n) is 21.9. The molecule has 0 bridgehead atoms. The zero-order chi connectivity index (χ0) is 26.3.